The van der Waals surface area contributed by atoms with Gasteiger partial charge < -0.3 is 29.6 Å². The number of nitrogens with one attached hydrogen (secondary N) is 2. The topological polar surface area (TPSA) is 145 Å². The van der Waals surface area contributed by atoms with E-state index in [-0.39, 0.29) is 49.8 Å². The third-order valence-electron chi connectivity index (χ3n) is 13.5. The highest BCUT2D eigenvalue weighted by Crippen LogP contribution is 2.49. The molecule has 0 radical (unpaired) electrons. The van der Waals surface area contributed by atoms with Crippen molar-refractivity contribution < 1.29 is 38.1 Å². The number of fused-ring (bicyclic) bond motifs is 3. The number of hydrogen-bond donors (Lipinski definition) is 2. The molecule has 8 rings (SSSR count). The maximum atomic E-state index is 14.2. The number of thioether (sulfide) groups is 1. The molecule has 13 heteroatoms. The largest absolute Gasteiger partial charge is 0.497 e. The monoisotopic (exact) mass is 1050 g/mol. The van der Waals surface area contributed by atoms with E-state index in [0.29, 0.717) is 36.7 Å². The average molecular weight is 1050 g/mol. The van der Waals surface area contributed by atoms with E-state index in [1.54, 1.807) is 13.2 Å². The third-order valence-corrected chi connectivity index (χ3v) is 15.1. The number of esters is 2. The number of aromatic nitrogens is 1. The van der Waals surface area contributed by atoms with Crippen molar-refractivity contribution in [3.63, 3.8) is 0 Å². The lowest BCUT2D eigenvalue weighted by Gasteiger charge is -2.35. The minimum Gasteiger partial charge on any atom is -0.497 e. The highest BCUT2D eigenvalue weighted by molar-refractivity contribution is 8.00. The molecule has 2 unspecified atom stereocenters. The summed E-state index contributed by atoms with van der Waals surface area (Å²) in [5.41, 5.74) is 10.1. The number of pyridine rings is 1. The maximum absolute atomic E-state index is 14.2. The lowest BCUT2D eigenvalue weighted by Crippen LogP contribution is -2.47. The fourth-order valence-corrected chi connectivity index (χ4v) is 11.2. The van der Waals surface area contributed by atoms with Crippen LogP contribution in [-0.4, -0.2) is 79.1 Å². The van der Waals surface area contributed by atoms with Crippen LogP contribution < -0.4 is 15.4 Å². The van der Waals surface area contributed by atoms with Gasteiger partial charge in [0.1, 0.15) is 24.5 Å². The zero-order valence-corrected chi connectivity index (χ0v) is 44.8. The van der Waals surface area contributed by atoms with Gasteiger partial charge in [0.05, 0.1) is 49.9 Å². The highest BCUT2D eigenvalue weighted by Gasteiger charge is 2.37. The van der Waals surface area contributed by atoms with E-state index in [1.165, 1.54) is 7.11 Å². The Morgan fingerprint density at radius 1 is 0.688 bits per heavy atom. The summed E-state index contributed by atoms with van der Waals surface area (Å²) in [6.07, 6.45) is 2.38. The Hall–Kier alpha value is -8.00. The molecule has 0 spiro atoms. The summed E-state index contributed by atoms with van der Waals surface area (Å²) < 4.78 is 21.8. The molecule has 0 bridgehead atoms. The van der Waals surface area contributed by atoms with Gasteiger partial charge in [-0.3, -0.25) is 19.5 Å². The second-order valence-electron chi connectivity index (χ2n) is 19.2. The van der Waals surface area contributed by atoms with Gasteiger partial charge in [-0.05, 0) is 92.9 Å². The summed E-state index contributed by atoms with van der Waals surface area (Å²) in [5.74, 6) is -0.568. The molecule has 2 atom stereocenters. The summed E-state index contributed by atoms with van der Waals surface area (Å²) >= 11 is 1.81. The molecular formula is C64H66N4O8S. The first kappa shape index (κ1) is 55.2. The average Bonchev–Trinajstić information content (AvgIpc) is 3.78. The van der Waals surface area contributed by atoms with Crippen LogP contribution in [0.25, 0.3) is 11.1 Å². The first-order valence-electron chi connectivity index (χ1n) is 26.0. The number of carbonyl (C=O) groups is 4. The van der Waals surface area contributed by atoms with Crippen molar-refractivity contribution in [2.24, 2.45) is 5.92 Å². The third kappa shape index (κ3) is 14.5. The van der Waals surface area contributed by atoms with E-state index in [4.69, 9.17) is 23.9 Å². The van der Waals surface area contributed by atoms with Crippen molar-refractivity contribution in [2.75, 3.05) is 33.1 Å². The van der Waals surface area contributed by atoms with E-state index < -0.39 is 29.0 Å². The number of rotatable bonds is 25. The second-order valence-corrected chi connectivity index (χ2v) is 20.5. The molecule has 2 N–H and O–H groups in total. The first-order valence-corrected chi connectivity index (χ1v) is 27.0. The van der Waals surface area contributed by atoms with E-state index in [9.17, 15) is 19.2 Å². The molecular weight excluding hydrogens is 985 g/mol. The normalized spacial score (nSPS) is 12.9. The molecule has 1 aromatic heterocycles. The molecule has 2 amide bonds. The van der Waals surface area contributed by atoms with Gasteiger partial charge in [0.25, 0.3) is 0 Å². The Balaban J connectivity index is 0.962. The predicted molar refractivity (Wildman–Crippen MR) is 302 cm³/mol. The predicted octanol–water partition coefficient (Wildman–Crippen LogP) is 11.4. The number of carbonyl (C=O) groups excluding carboxylic acids is 4. The Labute approximate surface area is 456 Å². The van der Waals surface area contributed by atoms with Crippen LogP contribution in [0.3, 0.4) is 0 Å². The molecule has 0 saturated heterocycles. The van der Waals surface area contributed by atoms with Gasteiger partial charge >= 0.3 is 18.0 Å². The molecule has 0 saturated carbocycles. The summed E-state index contributed by atoms with van der Waals surface area (Å²) in [4.78, 5) is 60.9. The van der Waals surface area contributed by atoms with Crippen LogP contribution in [0.2, 0.25) is 0 Å². The van der Waals surface area contributed by atoms with E-state index >= 15 is 0 Å². The molecule has 7 aromatic rings. The smallest absolute Gasteiger partial charge is 0.407 e. The molecule has 1 aliphatic carbocycles. The molecule has 1 aliphatic rings. The maximum Gasteiger partial charge on any atom is 0.407 e. The number of hydrogen-bond acceptors (Lipinski definition) is 11. The quantitative estimate of drug-likeness (QED) is 0.0185. The SMILES string of the molecule is COC(=O)CN(Cc1ccc(OC)cc1)Cc1cccc(CNC(=O)CC(C=CCCSC(c2ccccc2)(c2ccccc2)c2ccccc2)OC(=O)C(NC(=O)OCC2c3ccccc3-c3ccccc32)C(C)C)n1. The van der Waals surface area contributed by atoms with Gasteiger partial charge in [-0.1, -0.05) is 178 Å². The molecule has 1 heterocycles. The Morgan fingerprint density at radius 2 is 1.26 bits per heavy atom. The number of alkyl carbamates (subject to hydrolysis) is 1. The van der Waals surface area contributed by atoms with Gasteiger partial charge in [-0.15, -0.1) is 11.8 Å². The minimum atomic E-state index is -1.07. The number of methoxy groups -OCH3 is 2. The van der Waals surface area contributed by atoms with Crippen molar-refractivity contribution in [3.8, 4) is 16.9 Å². The van der Waals surface area contributed by atoms with Gasteiger partial charge in [0.2, 0.25) is 5.91 Å². The fraction of sp³-hybridized carbons (Fsp3) is 0.266. The van der Waals surface area contributed by atoms with E-state index in [2.05, 4.69) is 95.6 Å². The molecule has 12 nitrogen and oxygen atoms in total. The Kier molecular flexibility index (Phi) is 19.5. The second kappa shape index (κ2) is 27.2. The van der Waals surface area contributed by atoms with Crippen molar-refractivity contribution in [3.05, 3.63) is 239 Å². The van der Waals surface area contributed by atoms with Crippen LogP contribution in [0.15, 0.2) is 194 Å². The van der Waals surface area contributed by atoms with Crippen LogP contribution >= 0.6 is 11.8 Å². The van der Waals surface area contributed by atoms with Crippen molar-refractivity contribution in [1.82, 2.24) is 20.5 Å². The number of amides is 2. The zero-order valence-electron chi connectivity index (χ0n) is 44.0. The number of ether oxygens (including phenoxy) is 4. The van der Waals surface area contributed by atoms with Gasteiger partial charge in [-0.25, -0.2) is 9.59 Å². The van der Waals surface area contributed by atoms with Gasteiger partial charge in [-0.2, -0.15) is 0 Å². The lowest BCUT2D eigenvalue weighted by molar-refractivity contribution is -0.151. The van der Waals surface area contributed by atoms with Crippen molar-refractivity contribution in [2.45, 2.75) is 69.1 Å². The van der Waals surface area contributed by atoms with E-state index in [1.807, 2.05) is 134 Å². The summed E-state index contributed by atoms with van der Waals surface area (Å²) in [5, 5.41) is 5.75. The number of benzene rings is 6. The lowest BCUT2D eigenvalue weighted by atomic mass is 9.84. The summed E-state index contributed by atoms with van der Waals surface area (Å²) in [6, 6.07) is 59.7. The zero-order chi connectivity index (χ0) is 54.0. The van der Waals surface area contributed by atoms with Crippen LogP contribution in [0.1, 0.15) is 77.4 Å². The number of allylic oxidation sites excluding steroid dienone is 1. The molecule has 0 fully saturated rings. The number of nitrogens with zero attached hydrogens (tertiary/aromatic N) is 2. The highest BCUT2D eigenvalue weighted by atomic mass is 32.2. The standard InChI is InChI=1S/C64H66N4O8S/c1-45(2)61(67-63(72)75-44-58-56-32-16-14-30-54(56)55-31-15-17-33-57(55)58)62(71)76-53(29-18-19-38-77-64(47-21-8-5-9-22-47,48-23-10-6-11-24-48)49-25-12-7-13-26-49)39-59(69)65-40-50-27-20-28-51(66-50)42-68(43-60(70)74-4)41-46-34-36-52(73-3)37-35-46/h5-18,20-37,45,53,58,61H,19,38-44H2,1-4H3,(H,65,69)(H,67,72). The minimum absolute atomic E-state index is 0.0459. The van der Waals surface area contributed by atoms with Crippen molar-refractivity contribution >= 4 is 35.7 Å². The summed E-state index contributed by atoms with van der Waals surface area (Å²) in [6.45, 7) is 4.66. The molecule has 0 aliphatic heterocycles. The Morgan fingerprint density at radius 3 is 1.83 bits per heavy atom. The fourth-order valence-electron chi connectivity index (χ4n) is 9.73. The molecule has 77 heavy (non-hydrogen) atoms. The first-order chi connectivity index (χ1) is 37.5. The summed E-state index contributed by atoms with van der Waals surface area (Å²) in [7, 11) is 2.97. The van der Waals surface area contributed by atoms with Gasteiger partial charge in [0, 0.05) is 19.0 Å². The van der Waals surface area contributed by atoms with Crippen LogP contribution in [0.5, 0.6) is 5.75 Å². The van der Waals surface area contributed by atoms with Crippen molar-refractivity contribution in [1.29, 1.82) is 0 Å². The van der Waals surface area contributed by atoms with Crippen LogP contribution in [0.4, 0.5) is 4.79 Å². The van der Waals surface area contributed by atoms with Gasteiger partial charge in [0.15, 0.2) is 0 Å². The van der Waals surface area contributed by atoms with Crippen LogP contribution in [0, 0.1) is 5.92 Å². The van der Waals surface area contributed by atoms with E-state index in [0.717, 1.165) is 50.3 Å². The Bertz CT molecular complexity index is 2940. The van der Waals surface area contributed by atoms with Crippen LogP contribution in [-0.2, 0) is 53.0 Å². The molecule has 6 aromatic carbocycles. The molecule has 396 valence electrons.